The number of fused-ring (bicyclic) bond motifs is 1. The van der Waals surface area contributed by atoms with Crippen LogP contribution in [0.2, 0.25) is 5.02 Å². The predicted molar refractivity (Wildman–Crippen MR) is 128 cm³/mol. The number of rotatable bonds is 6. The van der Waals surface area contributed by atoms with Crippen molar-refractivity contribution in [3.05, 3.63) is 83.6 Å². The summed E-state index contributed by atoms with van der Waals surface area (Å²) in [5.74, 6) is -1.25. The number of carbonyl (C=O) groups is 3. The van der Waals surface area contributed by atoms with E-state index in [4.69, 9.17) is 16.3 Å². The van der Waals surface area contributed by atoms with Crippen LogP contribution in [0.15, 0.2) is 72.9 Å². The van der Waals surface area contributed by atoms with Gasteiger partial charge in [-0.05, 0) is 54.1 Å². The molecule has 4 aromatic rings. The van der Waals surface area contributed by atoms with E-state index in [1.165, 1.54) is 14.0 Å². The molecule has 8 heteroatoms. The highest BCUT2D eigenvalue weighted by atomic mass is 35.5. The van der Waals surface area contributed by atoms with Gasteiger partial charge < -0.3 is 19.8 Å². The van der Waals surface area contributed by atoms with Crippen LogP contribution in [0.25, 0.3) is 16.6 Å². The van der Waals surface area contributed by atoms with E-state index >= 15 is 0 Å². The molecule has 0 aliphatic rings. The van der Waals surface area contributed by atoms with E-state index in [1.54, 1.807) is 59.1 Å². The molecule has 0 aliphatic heterocycles. The van der Waals surface area contributed by atoms with Crippen LogP contribution >= 0.6 is 11.6 Å². The summed E-state index contributed by atoms with van der Waals surface area (Å²) in [6, 6.07) is 19.1. The normalized spacial score (nSPS) is 10.6. The number of ketones is 1. The first-order chi connectivity index (χ1) is 15.9. The smallest absolute Gasteiger partial charge is 0.298 e. The summed E-state index contributed by atoms with van der Waals surface area (Å²) in [6.45, 7) is 1.39. The van der Waals surface area contributed by atoms with Crippen molar-refractivity contribution in [2.45, 2.75) is 6.92 Å². The Morgan fingerprint density at radius 3 is 2.36 bits per heavy atom. The largest absolute Gasteiger partial charge is 0.495 e. The van der Waals surface area contributed by atoms with E-state index in [1.807, 2.05) is 18.2 Å². The SMILES string of the molecule is COc1ccc(-c2cc3ccccn3c2C(=O)C(=O)Nc2cccc(NC(C)=O)c2)cc1Cl. The van der Waals surface area contributed by atoms with E-state index in [2.05, 4.69) is 10.6 Å². The summed E-state index contributed by atoms with van der Waals surface area (Å²) in [6.07, 6.45) is 1.72. The van der Waals surface area contributed by atoms with Crippen LogP contribution < -0.4 is 15.4 Å². The van der Waals surface area contributed by atoms with Gasteiger partial charge in [-0.25, -0.2) is 0 Å². The van der Waals surface area contributed by atoms with Crippen LogP contribution in [0.4, 0.5) is 11.4 Å². The fourth-order valence-corrected chi connectivity index (χ4v) is 3.84. The van der Waals surface area contributed by atoms with E-state index < -0.39 is 11.7 Å². The molecule has 0 fully saturated rings. The molecule has 2 aromatic heterocycles. The minimum absolute atomic E-state index is 0.211. The van der Waals surface area contributed by atoms with E-state index in [0.29, 0.717) is 33.3 Å². The zero-order valence-corrected chi connectivity index (χ0v) is 18.6. The maximum Gasteiger partial charge on any atom is 0.298 e. The van der Waals surface area contributed by atoms with E-state index in [0.717, 1.165) is 5.52 Å². The number of nitrogens with one attached hydrogen (secondary N) is 2. The molecule has 2 amide bonds. The van der Waals surface area contributed by atoms with Crippen LogP contribution in [0.3, 0.4) is 0 Å². The van der Waals surface area contributed by atoms with Crippen LogP contribution in [0.1, 0.15) is 17.4 Å². The quantitative estimate of drug-likeness (QED) is 0.310. The van der Waals surface area contributed by atoms with Gasteiger partial charge in [0.2, 0.25) is 5.91 Å². The number of benzene rings is 2. The fraction of sp³-hybridized carbons (Fsp3) is 0.0800. The maximum atomic E-state index is 13.3. The second-order valence-electron chi connectivity index (χ2n) is 7.30. The van der Waals surface area contributed by atoms with Crippen molar-refractivity contribution in [2.24, 2.45) is 0 Å². The lowest BCUT2D eigenvalue weighted by Gasteiger charge is -2.10. The average Bonchev–Trinajstić information content (AvgIpc) is 3.18. The van der Waals surface area contributed by atoms with Gasteiger partial charge in [0.05, 0.1) is 12.1 Å². The lowest BCUT2D eigenvalue weighted by atomic mass is 10.0. The van der Waals surface area contributed by atoms with Crippen molar-refractivity contribution in [2.75, 3.05) is 17.7 Å². The lowest BCUT2D eigenvalue weighted by molar-refractivity contribution is -0.114. The Balaban J connectivity index is 1.72. The second-order valence-corrected chi connectivity index (χ2v) is 7.70. The number of halogens is 1. The van der Waals surface area contributed by atoms with Crippen molar-refractivity contribution >= 4 is 46.1 Å². The Morgan fingerprint density at radius 1 is 0.909 bits per heavy atom. The molecule has 0 atom stereocenters. The van der Waals surface area contributed by atoms with E-state index in [9.17, 15) is 14.4 Å². The molecule has 33 heavy (non-hydrogen) atoms. The second kappa shape index (κ2) is 9.18. The monoisotopic (exact) mass is 461 g/mol. The Kier molecular flexibility index (Phi) is 6.15. The average molecular weight is 462 g/mol. The van der Waals surface area contributed by atoms with Crippen LogP contribution in [-0.4, -0.2) is 29.1 Å². The maximum absolute atomic E-state index is 13.3. The number of amides is 2. The minimum Gasteiger partial charge on any atom is -0.495 e. The van der Waals surface area contributed by atoms with Gasteiger partial charge in [0.15, 0.2) is 0 Å². The van der Waals surface area contributed by atoms with Gasteiger partial charge in [-0.3, -0.25) is 14.4 Å². The zero-order valence-electron chi connectivity index (χ0n) is 17.9. The number of anilines is 2. The number of carbonyl (C=O) groups excluding carboxylic acids is 3. The van der Waals surface area contributed by atoms with Gasteiger partial charge in [-0.15, -0.1) is 0 Å². The number of aromatic nitrogens is 1. The number of pyridine rings is 1. The standard InChI is InChI=1S/C25H20ClN3O4/c1-15(30)27-17-6-5-7-18(13-17)28-25(32)24(31)23-20(14-19-8-3-4-11-29(19)23)16-9-10-22(33-2)21(26)12-16/h3-14H,1-2H3,(H,27,30)(H,28,32). The van der Waals surface area contributed by atoms with Gasteiger partial charge in [0.1, 0.15) is 11.4 Å². The Morgan fingerprint density at radius 2 is 1.67 bits per heavy atom. The first kappa shape index (κ1) is 22.1. The van der Waals surface area contributed by atoms with Gasteiger partial charge >= 0.3 is 0 Å². The third-order valence-corrected chi connectivity index (χ3v) is 5.30. The van der Waals surface area contributed by atoms with Gasteiger partial charge in [0, 0.05) is 35.6 Å². The molecular weight excluding hydrogens is 442 g/mol. The molecule has 0 aliphatic carbocycles. The first-order valence-corrected chi connectivity index (χ1v) is 10.4. The molecule has 0 bridgehead atoms. The molecule has 0 saturated carbocycles. The number of methoxy groups -OCH3 is 1. The minimum atomic E-state index is -0.806. The number of Topliss-reactive ketones (excluding diaryl/α,β-unsaturated/α-hetero) is 1. The van der Waals surface area contributed by atoms with Crippen LogP contribution in [0.5, 0.6) is 5.75 Å². The molecule has 0 saturated heterocycles. The Labute approximate surface area is 194 Å². The third kappa shape index (κ3) is 4.58. The van der Waals surface area contributed by atoms with Crippen molar-refractivity contribution in [3.8, 4) is 16.9 Å². The summed E-state index contributed by atoms with van der Waals surface area (Å²) >= 11 is 6.30. The summed E-state index contributed by atoms with van der Waals surface area (Å²) in [7, 11) is 1.52. The first-order valence-electron chi connectivity index (χ1n) is 10.0. The molecule has 2 N–H and O–H groups in total. The Bertz CT molecular complexity index is 1390. The van der Waals surface area contributed by atoms with Gasteiger partial charge in [-0.2, -0.15) is 0 Å². The summed E-state index contributed by atoms with van der Waals surface area (Å²) in [4.78, 5) is 37.6. The Hall–Kier alpha value is -4.10. The highest BCUT2D eigenvalue weighted by molar-refractivity contribution is 6.47. The van der Waals surface area contributed by atoms with Crippen molar-refractivity contribution < 1.29 is 19.1 Å². The van der Waals surface area contributed by atoms with E-state index in [-0.39, 0.29) is 11.6 Å². The summed E-state index contributed by atoms with van der Waals surface area (Å²) < 4.78 is 6.89. The number of nitrogens with zero attached hydrogens (tertiary/aromatic N) is 1. The molecule has 0 spiro atoms. The number of hydrogen-bond acceptors (Lipinski definition) is 4. The molecule has 0 unspecified atom stereocenters. The topological polar surface area (TPSA) is 88.9 Å². The van der Waals surface area contributed by atoms with Gasteiger partial charge in [-0.1, -0.05) is 29.8 Å². The molecule has 2 heterocycles. The van der Waals surface area contributed by atoms with Crippen molar-refractivity contribution in [1.29, 1.82) is 0 Å². The number of ether oxygens (including phenoxy) is 1. The molecular formula is C25H20ClN3O4. The highest BCUT2D eigenvalue weighted by Crippen LogP contribution is 2.34. The molecule has 166 valence electrons. The summed E-state index contributed by atoms with van der Waals surface area (Å²) in [5.41, 5.74) is 3.10. The highest BCUT2D eigenvalue weighted by Gasteiger charge is 2.25. The predicted octanol–water partition coefficient (Wildman–Crippen LogP) is 5.05. The van der Waals surface area contributed by atoms with Crippen molar-refractivity contribution in [3.63, 3.8) is 0 Å². The fourth-order valence-electron chi connectivity index (χ4n) is 3.58. The zero-order chi connectivity index (χ0) is 23.5. The van der Waals surface area contributed by atoms with Crippen LogP contribution in [0, 0.1) is 0 Å². The third-order valence-electron chi connectivity index (χ3n) is 5.00. The van der Waals surface area contributed by atoms with Gasteiger partial charge in [0.25, 0.3) is 11.7 Å². The molecule has 4 rings (SSSR count). The summed E-state index contributed by atoms with van der Waals surface area (Å²) in [5, 5.41) is 5.65. The lowest BCUT2D eigenvalue weighted by Crippen LogP contribution is -2.24. The number of hydrogen-bond donors (Lipinski definition) is 2. The molecule has 0 radical (unpaired) electrons. The molecule has 7 nitrogen and oxygen atoms in total. The van der Waals surface area contributed by atoms with Crippen molar-refractivity contribution in [1.82, 2.24) is 4.40 Å². The van der Waals surface area contributed by atoms with Crippen LogP contribution in [-0.2, 0) is 9.59 Å². The molecule has 2 aromatic carbocycles.